The number of carboxylic acids is 1. The molecule has 0 fully saturated rings. The Bertz CT molecular complexity index is 372. The van der Waals surface area contributed by atoms with Gasteiger partial charge in [0.25, 0.3) is 0 Å². The summed E-state index contributed by atoms with van der Waals surface area (Å²) in [4.78, 5) is 13.8. The first-order valence-corrected chi connectivity index (χ1v) is 5.18. The van der Waals surface area contributed by atoms with Crippen LogP contribution in [0.5, 0.6) is 0 Å². The molecule has 6 nitrogen and oxygen atoms in total. The van der Waals surface area contributed by atoms with Crippen LogP contribution in [0.15, 0.2) is 4.99 Å². The molecule has 0 spiro atoms. The fraction of sp³-hybridized carbons (Fsp3) is 0.778. The van der Waals surface area contributed by atoms with Crippen LogP contribution in [0, 0.1) is 5.92 Å². The van der Waals surface area contributed by atoms with Crippen molar-refractivity contribution >= 4 is 11.8 Å². The van der Waals surface area contributed by atoms with E-state index >= 15 is 0 Å². The summed E-state index contributed by atoms with van der Waals surface area (Å²) in [7, 11) is 0. The third kappa shape index (κ3) is 2.91. The molecular formula is C9H14F3N3O3. The molecule has 104 valence electrons. The summed E-state index contributed by atoms with van der Waals surface area (Å²) in [6.45, 7) is 0. The number of halogens is 3. The standard InChI is InChI=1S/C9H14F3N3O3/c10-9(11,12)6-5(18)7(13)15-8(6,14)3-1-2-4(16)17/h5-6,18H,1-3,14H2,(H2,13,15)(H,16,17). The first kappa shape index (κ1) is 14.7. The number of rotatable bonds is 4. The summed E-state index contributed by atoms with van der Waals surface area (Å²) in [5.74, 6) is -4.02. The number of hydrogen-bond acceptors (Lipinski definition) is 5. The third-order valence-corrected chi connectivity index (χ3v) is 2.82. The van der Waals surface area contributed by atoms with Crippen molar-refractivity contribution in [3.8, 4) is 0 Å². The van der Waals surface area contributed by atoms with Crippen LogP contribution in [-0.4, -0.2) is 40.0 Å². The Morgan fingerprint density at radius 2 is 2.06 bits per heavy atom. The molecule has 1 aliphatic heterocycles. The Hall–Kier alpha value is -1.35. The van der Waals surface area contributed by atoms with Crippen molar-refractivity contribution in [3.05, 3.63) is 0 Å². The van der Waals surface area contributed by atoms with Gasteiger partial charge in [-0.3, -0.25) is 4.79 Å². The van der Waals surface area contributed by atoms with Gasteiger partial charge in [-0.25, -0.2) is 4.99 Å². The second-order valence-corrected chi connectivity index (χ2v) is 4.24. The topological polar surface area (TPSA) is 122 Å². The molecule has 0 saturated carbocycles. The number of aliphatic carboxylic acids is 1. The van der Waals surface area contributed by atoms with Gasteiger partial charge in [-0.2, -0.15) is 13.2 Å². The van der Waals surface area contributed by atoms with Crippen molar-refractivity contribution in [2.45, 2.75) is 37.2 Å². The molecule has 0 aromatic carbocycles. The first-order chi connectivity index (χ1) is 8.08. The maximum Gasteiger partial charge on any atom is 0.398 e. The molecule has 0 aromatic heterocycles. The van der Waals surface area contributed by atoms with Crippen LogP contribution in [0.1, 0.15) is 19.3 Å². The highest BCUT2D eigenvalue weighted by Crippen LogP contribution is 2.42. The Balaban J connectivity index is 2.85. The van der Waals surface area contributed by atoms with E-state index in [2.05, 4.69) is 4.99 Å². The fourth-order valence-corrected chi connectivity index (χ4v) is 2.02. The lowest BCUT2D eigenvalue weighted by Crippen LogP contribution is -2.53. The van der Waals surface area contributed by atoms with Gasteiger partial charge in [0, 0.05) is 6.42 Å². The van der Waals surface area contributed by atoms with Crippen LogP contribution in [0.2, 0.25) is 0 Å². The summed E-state index contributed by atoms with van der Waals surface area (Å²) >= 11 is 0. The highest BCUT2D eigenvalue weighted by Gasteiger charge is 2.59. The molecule has 0 amide bonds. The molecule has 9 heteroatoms. The fourth-order valence-electron chi connectivity index (χ4n) is 2.02. The monoisotopic (exact) mass is 269 g/mol. The Morgan fingerprint density at radius 3 is 2.50 bits per heavy atom. The maximum atomic E-state index is 12.8. The van der Waals surface area contributed by atoms with Crippen LogP contribution < -0.4 is 11.5 Å². The predicted molar refractivity (Wildman–Crippen MR) is 55.6 cm³/mol. The van der Waals surface area contributed by atoms with Crippen molar-refractivity contribution < 1.29 is 28.2 Å². The van der Waals surface area contributed by atoms with Crippen molar-refractivity contribution in [2.75, 3.05) is 0 Å². The van der Waals surface area contributed by atoms with Gasteiger partial charge >= 0.3 is 12.1 Å². The molecule has 0 aliphatic carbocycles. The average Bonchev–Trinajstić information content (AvgIpc) is 2.35. The molecule has 0 bridgehead atoms. The summed E-state index contributed by atoms with van der Waals surface area (Å²) in [5.41, 5.74) is 8.59. The van der Waals surface area contributed by atoms with E-state index < -0.39 is 35.7 Å². The summed E-state index contributed by atoms with van der Waals surface area (Å²) in [5, 5.41) is 17.8. The van der Waals surface area contributed by atoms with Gasteiger partial charge in [0.2, 0.25) is 0 Å². The normalized spacial score (nSPS) is 32.4. The largest absolute Gasteiger partial charge is 0.481 e. The van der Waals surface area contributed by atoms with E-state index in [-0.39, 0.29) is 19.3 Å². The summed E-state index contributed by atoms with van der Waals surface area (Å²) in [6, 6.07) is 0. The smallest absolute Gasteiger partial charge is 0.398 e. The number of aliphatic hydroxyl groups is 1. The van der Waals surface area contributed by atoms with Gasteiger partial charge in [-0.15, -0.1) is 0 Å². The number of aliphatic imine (C=N–C) groups is 1. The van der Waals surface area contributed by atoms with Crippen LogP contribution >= 0.6 is 0 Å². The molecule has 0 saturated heterocycles. The molecule has 1 aliphatic rings. The first-order valence-electron chi connectivity index (χ1n) is 5.18. The van der Waals surface area contributed by atoms with Crippen LogP contribution in [0.25, 0.3) is 0 Å². The Kier molecular flexibility index (Phi) is 3.86. The lowest BCUT2D eigenvalue weighted by molar-refractivity contribution is -0.205. The Morgan fingerprint density at radius 1 is 1.50 bits per heavy atom. The molecule has 1 rings (SSSR count). The molecule has 3 unspecified atom stereocenters. The third-order valence-electron chi connectivity index (χ3n) is 2.82. The van der Waals surface area contributed by atoms with Gasteiger partial charge in [0.1, 0.15) is 23.5 Å². The second-order valence-electron chi connectivity index (χ2n) is 4.24. The van der Waals surface area contributed by atoms with E-state index in [0.717, 1.165) is 0 Å². The number of nitrogens with two attached hydrogens (primary N) is 2. The quantitative estimate of drug-likeness (QED) is 0.563. The minimum Gasteiger partial charge on any atom is -0.481 e. The van der Waals surface area contributed by atoms with E-state index in [4.69, 9.17) is 16.6 Å². The summed E-state index contributed by atoms with van der Waals surface area (Å²) in [6.07, 6.45) is -7.47. The van der Waals surface area contributed by atoms with Crippen LogP contribution in [0.3, 0.4) is 0 Å². The average molecular weight is 269 g/mol. The van der Waals surface area contributed by atoms with Gasteiger partial charge in [-0.1, -0.05) is 0 Å². The van der Waals surface area contributed by atoms with Gasteiger partial charge in [-0.05, 0) is 12.8 Å². The highest BCUT2D eigenvalue weighted by atomic mass is 19.4. The zero-order valence-corrected chi connectivity index (χ0v) is 9.31. The van der Waals surface area contributed by atoms with Crippen LogP contribution in [0.4, 0.5) is 13.2 Å². The Labute approximate surface area is 100 Å². The van der Waals surface area contributed by atoms with Gasteiger partial charge in [0.15, 0.2) is 0 Å². The molecular weight excluding hydrogens is 255 g/mol. The van der Waals surface area contributed by atoms with Gasteiger partial charge in [0.05, 0.1) is 0 Å². The van der Waals surface area contributed by atoms with Crippen molar-refractivity contribution in [3.63, 3.8) is 0 Å². The number of nitrogens with zero attached hydrogens (tertiary/aromatic N) is 1. The minimum absolute atomic E-state index is 0.0814. The predicted octanol–water partition coefficient (Wildman–Crippen LogP) is -0.194. The number of hydrogen-bond donors (Lipinski definition) is 4. The number of carboxylic acid groups (broad SMARTS) is 1. The minimum atomic E-state index is -4.76. The van der Waals surface area contributed by atoms with E-state index in [0.29, 0.717) is 0 Å². The summed E-state index contributed by atoms with van der Waals surface area (Å²) < 4.78 is 38.3. The van der Waals surface area contributed by atoms with E-state index in [9.17, 15) is 23.1 Å². The zero-order chi connectivity index (χ0) is 14.1. The highest BCUT2D eigenvalue weighted by molar-refractivity contribution is 5.87. The maximum absolute atomic E-state index is 12.8. The molecule has 6 N–H and O–H groups in total. The van der Waals surface area contributed by atoms with E-state index in [1.54, 1.807) is 0 Å². The SMILES string of the molecule is NC1=NC(N)(CCCC(=O)O)C(C(F)(F)F)C1O. The lowest BCUT2D eigenvalue weighted by atomic mass is 9.87. The van der Waals surface area contributed by atoms with E-state index in [1.807, 2.05) is 0 Å². The van der Waals surface area contributed by atoms with Crippen LogP contribution in [-0.2, 0) is 4.79 Å². The molecule has 0 radical (unpaired) electrons. The number of aliphatic hydroxyl groups excluding tert-OH is 1. The van der Waals surface area contributed by atoms with Crippen molar-refractivity contribution in [1.29, 1.82) is 0 Å². The molecule has 1 heterocycles. The molecule has 0 aromatic rings. The van der Waals surface area contributed by atoms with Gasteiger partial charge < -0.3 is 21.7 Å². The number of alkyl halides is 3. The number of amidine groups is 1. The lowest BCUT2D eigenvalue weighted by Gasteiger charge is -2.31. The second kappa shape index (κ2) is 4.73. The molecule has 18 heavy (non-hydrogen) atoms. The van der Waals surface area contributed by atoms with Crippen molar-refractivity contribution in [1.82, 2.24) is 0 Å². The molecule has 3 atom stereocenters. The van der Waals surface area contributed by atoms with Crippen molar-refractivity contribution in [2.24, 2.45) is 22.4 Å². The van der Waals surface area contributed by atoms with E-state index in [1.165, 1.54) is 0 Å². The zero-order valence-electron chi connectivity index (χ0n) is 9.31. The number of carbonyl (C=O) groups is 1.